The molecule has 0 aliphatic rings. The van der Waals surface area contributed by atoms with Crippen molar-refractivity contribution in [2.45, 2.75) is 6.92 Å². The SMILES string of the molecule is C=COC(C)=O.[Zn]. The van der Waals surface area contributed by atoms with Gasteiger partial charge in [0.2, 0.25) is 0 Å². The molecule has 0 N–H and O–H groups in total. The van der Waals surface area contributed by atoms with Crippen molar-refractivity contribution in [1.29, 1.82) is 0 Å². The van der Waals surface area contributed by atoms with Crippen LogP contribution in [0.4, 0.5) is 0 Å². The first kappa shape index (κ1) is 9.95. The molecular weight excluding hydrogens is 145 g/mol. The Balaban J connectivity index is 0. The van der Waals surface area contributed by atoms with E-state index in [1.807, 2.05) is 0 Å². The van der Waals surface area contributed by atoms with E-state index in [0.717, 1.165) is 6.26 Å². The summed E-state index contributed by atoms with van der Waals surface area (Å²) in [6, 6.07) is 0. The molecule has 0 rings (SSSR count). The van der Waals surface area contributed by atoms with E-state index < -0.39 is 0 Å². The first-order valence-electron chi connectivity index (χ1n) is 1.55. The maximum absolute atomic E-state index is 9.75. The van der Waals surface area contributed by atoms with Gasteiger partial charge < -0.3 is 4.74 Å². The zero-order chi connectivity index (χ0) is 4.99. The summed E-state index contributed by atoms with van der Waals surface area (Å²) in [5, 5.41) is 0. The van der Waals surface area contributed by atoms with Gasteiger partial charge in [-0.05, 0) is 0 Å². The number of hydrogen-bond acceptors (Lipinski definition) is 2. The van der Waals surface area contributed by atoms with Crippen LogP contribution in [0.3, 0.4) is 0 Å². The number of carbonyl (C=O) groups is 1. The van der Waals surface area contributed by atoms with E-state index in [2.05, 4.69) is 11.3 Å². The molecule has 0 amide bonds. The molecule has 7 heavy (non-hydrogen) atoms. The molecule has 0 aliphatic carbocycles. The third kappa shape index (κ3) is 10.7. The fourth-order valence-electron chi connectivity index (χ4n) is 0.117. The Morgan fingerprint density at radius 1 is 1.86 bits per heavy atom. The number of hydrogen-bond donors (Lipinski definition) is 0. The molecule has 0 radical (unpaired) electrons. The number of ether oxygens (including phenoxy) is 1. The smallest absolute Gasteiger partial charge is 0.307 e. The minimum atomic E-state index is -0.329. The predicted molar refractivity (Wildman–Crippen MR) is 22.0 cm³/mol. The van der Waals surface area contributed by atoms with Gasteiger partial charge in [-0.15, -0.1) is 0 Å². The van der Waals surface area contributed by atoms with E-state index in [1.165, 1.54) is 6.92 Å². The second-order valence-electron chi connectivity index (χ2n) is 0.776. The van der Waals surface area contributed by atoms with Crippen LogP contribution in [0.2, 0.25) is 0 Å². The fraction of sp³-hybridized carbons (Fsp3) is 0.250. The third-order valence-electron chi connectivity index (χ3n) is 0.249. The van der Waals surface area contributed by atoms with Crippen LogP contribution < -0.4 is 0 Å². The van der Waals surface area contributed by atoms with E-state index in [0.29, 0.717) is 0 Å². The van der Waals surface area contributed by atoms with Gasteiger partial charge in [-0.2, -0.15) is 0 Å². The quantitative estimate of drug-likeness (QED) is 0.313. The molecule has 0 aliphatic heterocycles. The molecule has 0 aromatic rings. The molecule has 0 heterocycles. The molecule has 0 aromatic carbocycles. The van der Waals surface area contributed by atoms with Crippen LogP contribution in [0.15, 0.2) is 12.8 Å². The summed E-state index contributed by atoms with van der Waals surface area (Å²) >= 11 is 0. The third-order valence-corrected chi connectivity index (χ3v) is 0.249. The largest absolute Gasteiger partial charge is 0.435 e. The van der Waals surface area contributed by atoms with Gasteiger partial charge in [-0.25, -0.2) is 0 Å². The summed E-state index contributed by atoms with van der Waals surface area (Å²) in [5.41, 5.74) is 0. The van der Waals surface area contributed by atoms with Crippen LogP contribution in [-0.2, 0) is 29.0 Å². The van der Waals surface area contributed by atoms with Gasteiger partial charge in [0.05, 0.1) is 6.26 Å². The molecule has 0 spiro atoms. The van der Waals surface area contributed by atoms with E-state index in [9.17, 15) is 4.79 Å². The van der Waals surface area contributed by atoms with Crippen LogP contribution in [0.5, 0.6) is 0 Å². The van der Waals surface area contributed by atoms with Crippen LogP contribution in [0, 0.1) is 0 Å². The molecule has 0 aromatic heterocycles. The van der Waals surface area contributed by atoms with Crippen LogP contribution in [0.25, 0.3) is 0 Å². The predicted octanol–water partition coefficient (Wildman–Crippen LogP) is 0.690. The second kappa shape index (κ2) is 5.83. The standard InChI is InChI=1S/C4H6O2.Zn/c1-3-6-4(2)5;/h3H,1H2,2H3;. The minimum absolute atomic E-state index is 0. The summed E-state index contributed by atoms with van der Waals surface area (Å²) in [6.45, 7) is 4.48. The average Bonchev–Trinajstić information content (AvgIpc) is 1.35. The van der Waals surface area contributed by atoms with Crippen LogP contribution in [0.1, 0.15) is 6.92 Å². The Morgan fingerprint density at radius 2 is 2.29 bits per heavy atom. The molecule has 0 unspecified atom stereocenters. The summed E-state index contributed by atoms with van der Waals surface area (Å²) in [5.74, 6) is -0.329. The minimum Gasteiger partial charge on any atom is -0.435 e. The zero-order valence-electron chi connectivity index (χ0n) is 4.31. The Labute approximate surface area is 55.3 Å². The van der Waals surface area contributed by atoms with Crippen molar-refractivity contribution in [3.63, 3.8) is 0 Å². The maximum atomic E-state index is 9.75. The Hall–Kier alpha value is -0.167. The van der Waals surface area contributed by atoms with Crippen LogP contribution in [-0.4, -0.2) is 5.97 Å². The number of rotatable bonds is 1. The van der Waals surface area contributed by atoms with Crippen LogP contribution >= 0.6 is 0 Å². The van der Waals surface area contributed by atoms with Gasteiger partial charge in [-0.3, -0.25) is 4.79 Å². The van der Waals surface area contributed by atoms with Crippen molar-refractivity contribution in [2.24, 2.45) is 0 Å². The molecule has 3 heteroatoms. The normalized spacial score (nSPS) is 5.86. The van der Waals surface area contributed by atoms with Gasteiger partial charge in [-0.1, -0.05) is 6.58 Å². The summed E-state index contributed by atoms with van der Waals surface area (Å²) in [7, 11) is 0. The van der Waals surface area contributed by atoms with E-state index >= 15 is 0 Å². The first-order valence-corrected chi connectivity index (χ1v) is 1.55. The summed E-state index contributed by atoms with van der Waals surface area (Å²) < 4.78 is 4.17. The molecule has 36 valence electrons. The number of carbonyl (C=O) groups excluding carboxylic acids is 1. The molecule has 2 nitrogen and oxygen atoms in total. The maximum Gasteiger partial charge on any atom is 0.307 e. The topological polar surface area (TPSA) is 26.3 Å². The Morgan fingerprint density at radius 3 is 2.29 bits per heavy atom. The van der Waals surface area contributed by atoms with Gasteiger partial charge in [0, 0.05) is 26.4 Å². The van der Waals surface area contributed by atoms with Crippen molar-refractivity contribution in [3.05, 3.63) is 12.8 Å². The Kier molecular flexibility index (Phi) is 8.29. The zero-order valence-corrected chi connectivity index (χ0v) is 7.28. The molecule has 0 fully saturated rings. The van der Waals surface area contributed by atoms with Crippen molar-refractivity contribution in [1.82, 2.24) is 0 Å². The van der Waals surface area contributed by atoms with E-state index in [4.69, 9.17) is 0 Å². The molecule has 0 atom stereocenters. The monoisotopic (exact) mass is 150 g/mol. The summed E-state index contributed by atoms with van der Waals surface area (Å²) in [6.07, 6.45) is 1.10. The molecule has 0 bridgehead atoms. The molecule has 0 saturated carbocycles. The Bertz CT molecular complexity index is 70.1. The van der Waals surface area contributed by atoms with Gasteiger partial charge in [0.25, 0.3) is 0 Å². The molecule has 0 saturated heterocycles. The van der Waals surface area contributed by atoms with Gasteiger partial charge >= 0.3 is 5.97 Å². The first-order chi connectivity index (χ1) is 2.77. The van der Waals surface area contributed by atoms with E-state index in [-0.39, 0.29) is 25.4 Å². The fourth-order valence-corrected chi connectivity index (χ4v) is 0.117. The van der Waals surface area contributed by atoms with Gasteiger partial charge in [0.15, 0.2) is 0 Å². The summed E-state index contributed by atoms with van der Waals surface area (Å²) in [4.78, 5) is 9.75. The molecular formula is C4H6O2Zn. The van der Waals surface area contributed by atoms with Crippen molar-refractivity contribution in [3.8, 4) is 0 Å². The van der Waals surface area contributed by atoms with Crippen molar-refractivity contribution >= 4 is 5.97 Å². The van der Waals surface area contributed by atoms with Crippen molar-refractivity contribution < 1.29 is 29.0 Å². The second-order valence-corrected chi connectivity index (χ2v) is 0.776. The average molecular weight is 151 g/mol. The van der Waals surface area contributed by atoms with E-state index in [1.54, 1.807) is 0 Å². The van der Waals surface area contributed by atoms with Gasteiger partial charge in [0.1, 0.15) is 0 Å². The van der Waals surface area contributed by atoms with Crippen molar-refractivity contribution in [2.75, 3.05) is 0 Å². The number of esters is 1.